The first kappa shape index (κ1) is 35.3. The van der Waals surface area contributed by atoms with Crippen LogP contribution in [0.2, 0.25) is 0 Å². The summed E-state index contributed by atoms with van der Waals surface area (Å²) in [6.45, 7) is 3.31. The third-order valence-corrected chi connectivity index (χ3v) is 10.1. The van der Waals surface area contributed by atoms with Crippen molar-refractivity contribution in [2.45, 2.75) is 101 Å². The van der Waals surface area contributed by atoms with Gasteiger partial charge >= 0.3 is 48.0 Å². The van der Waals surface area contributed by atoms with Crippen molar-refractivity contribution in [3.63, 3.8) is 0 Å². The second-order valence-corrected chi connectivity index (χ2v) is 12.5. The smallest absolute Gasteiger partial charge is 0.457 e. The van der Waals surface area contributed by atoms with Gasteiger partial charge in [-0.2, -0.15) is 61.5 Å². The zero-order valence-electron chi connectivity index (χ0n) is 23.3. The molecule has 0 aromatic heterocycles. The van der Waals surface area contributed by atoms with E-state index in [0.717, 1.165) is 6.08 Å². The van der Waals surface area contributed by atoms with E-state index in [1.54, 1.807) is 19.9 Å². The quantitative estimate of drug-likeness (QED) is 0.209. The summed E-state index contributed by atoms with van der Waals surface area (Å²) in [7, 11) is 0. The Labute approximate surface area is 246 Å². The van der Waals surface area contributed by atoms with Crippen molar-refractivity contribution in [3.05, 3.63) is 23.5 Å². The highest BCUT2D eigenvalue weighted by Crippen LogP contribution is 2.65. The van der Waals surface area contributed by atoms with Crippen LogP contribution in [0, 0.1) is 28.6 Å². The van der Waals surface area contributed by atoms with Gasteiger partial charge in [-0.1, -0.05) is 19.9 Å². The van der Waals surface area contributed by atoms with Crippen molar-refractivity contribution >= 4 is 11.9 Å². The van der Waals surface area contributed by atoms with Crippen LogP contribution in [0.1, 0.15) is 58.8 Å². The van der Waals surface area contributed by atoms with Crippen LogP contribution in [0.5, 0.6) is 0 Å². The fourth-order valence-corrected chi connectivity index (χ4v) is 7.52. The van der Waals surface area contributed by atoms with Crippen molar-refractivity contribution < 1.29 is 80.5 Å². The zero-order valence-corrected chi connectivity index (χ0v) is 23.3. The van der Waals surface area contributed by atoms with Crippen molar-refractivity contribution in [2.75, 3.05) is 0 Å². The third kappa shape index (κ3) is 5.19. The van der Waals surface area contributed by atoms with Gasteiger partial charge in [0.2, 0.25) is 0 Å². The lowest BCUT2D eigenvalue weighted by molar-refractivity contribution is -0.349. The summed E-state index contributed by atoms with van der Waals surface area (Å²) in [6, 6.07) is 0. The van der Waals surface area contributed by atoms with E-state index in [1.165, 1.54) is 0 Å². The number of esters is 2. The molecule has 0 saturated heterocycles. The van der Waals surface area contributed by atoms with Crippen LogP contribution in [-0.2, 0) is 19.1 Å². The van der Waals surface area contributed by atoms with Gasteiger partial charge in [-0.05, 0) is 73.3 Å². The maximum atomic E-state index is 14.0. The molecular weight excluding hydrogens is 654 g/mol. The fourth-order valence-electron chi connectivity index (χ4n) is 7.52. The van der Waals surface area contributed by atoms with Crippen LogP contribution in [0.4, 0.5) is 61.5 Å². The van der Waals surface area contributed by atoms with E-state index in [0.29, 0.717) is 12.0 Å². The van der Waals surface area contributed by atoms with Gasteiger partial charge in [-0.15, -0.1) is 0 Å². The van der Waals surface area contributed by atoms with Gasteiger partial charge in [-0.25, -0.2) is 9.59 Å². The molecule has 0 unspecified atom stereocenters. The number of carbonyl (C=O) groups excluding carboxylic acids is 2. The van der Waals surface area contributed by atoms with E-state index in [2.05, 4.69) is 9.47 Å². The lowest BCUT2D eigenvalue weighted by Crippen LogP contribution is -2.58. The highest BCUT2D eigenvalue weighted by molar-refractivity contribution is 5.80. The number of alkyl halides is 14. The van der Waals surface area contributed by atoms with E-state index < -0.39 is 70.7 Å². The van der Waals surface area contributed by atoms with Crippen LogP contribution in [0.3, 0.4) is 0 Å². The first-order chi connectivity index (χ1) is 20.2. The molecule has 0 aliphatic heterocycles. The molecule has 0 bridgehead atoms. The molecule has 0 aromatic carbocycles. The number of hydrogen-bond donors (Lipinski definition) is 0. The zero-order chi connectivity index (χ0) is 34.4. The maximum Gasteiger partial charge on any atom is 0.460 e. The second kappa shape index (κ2) is 10.5. The molecule has 4 nitrogen and oxygen atoms in total. The number of carbonyl (C=O) groups is 2. The Balaban J connectivity index is 1.51. The average molecular weight is 680 g/mol. The van der Waals surface area contributed by atoms with Crippen LogP contribution < -0.4 is 0 Å². The SMILES string of the molecule is C[C@]12CC[C@H]3[C@@H](CC=C4C=C(OC(=O)C(F)(F)C(F)(F)C(F)(F)F)CC[C@@]43C)[C@@H]1CC[C@H]2OC(=O)C(F)(F)C(F)(F)C(F)(F)F. The summed E-state index contributed by atoms with van der Waals surface area (Å²) in [6.07, 6.45) is -11.6. The molecule has 4 aliphatic carbocycles. The molecule has 0 aromatic rings. The molecule has 6 atom stereocenters. The Bertz CT molecular complexity index is 1280. The number of hydrogen-bond acceptors (Lipinski definition) is 4. The van der Waals surface area contributed by atoms with Gasteiger partial charge in [0.15, 0.2) is 0 Å². The standard InChI is InChI=1S/C27H26F14O4/c1-20-9-7-13(44-18(42)22(28,29)24(32,33)26(36,37)38)11-12(20)3-4-14-15-5-6-17(21(15,2)10-8-16(14)20)45-19(43)23(30,31)25(34,35)27(39,40)41/h3,11,14-17H,4-10H2,1-2H3/t14-,15-,16-,17+,20-,21-/m0/s1. The molecule has 45 heavy (non-hydrogen) atoms. The maximum absolute atomic E-state index is 14.0. The first-order valence-corrected chi connectivity index (χ1v) is 13.7. The summed E-state index contributed by atoms with van der Waals surface area (Å²) in [5.41, 5.74) is -1.43. The molecule has 0 spiro atoms. The molecule has 2 saturated carbocycles. The van der Waals surface area contributed by atoms with Gasteiger partial charge in [-0.3, -0.25) is 0 Å². The van der Waals surface area contributed by atoms with Gasteiger partial charge in [0, 0.05) is 11.8 Å². The van der Waals surface area contributed by atoms with Crippen molar-refractivity contribution in [2.24, 2.45) is 28.6 Å². The third-order valence-electron chi connectivity index (χ3n) is 10.1. The van der Waals surface area contributed by atoms with Gasteiger partial charge in [0.25, 0.3) is 0 Å². The molecule has 0 amide bonds. The highest BCUT2D eigenvalue weighted by Gasteiger charge is 2.78. The molecule has 4 rings (SSSR count). The molecule has 4 aliphatic rings. The summed E-state index contributed by atoms with van der Waals surface area (Å²) in [4.78, 5) is 23.7. The number of ether oxygens (including phenoxy) is 2. The summed E-state index contributed by atoms with van der Waals surface area (Å²) < 4.78 is 193. The van der Waals surface area contributed by atoms with Crippen LogP contribution in [0.25, 0.3) is 0 Å². The number of fused-ring (bicyclic) bond motifs is 5. The lowest BCUT2D eigenvalue weighted by Gasteiger charge is -2.56. The minimum absolute atomic E-state index is 0.0704. The Kier molecular flexibility index (Phi) is 8.22. The van der Waals surface area contributed by atoms with Crippen LogP contribution >= 0.6 is 0 Å². The molecule has 18 heteroatoms. The van der Waals surface area contributed by atoms with E-state index >= 15 is 0 Å². The van der Waals surface area contributed by atoms with Crippen molar-refractivity contribution in [1.82, 2.24) is 0 Å². The number of halogens is 14. The normalized spacial score (nSPS) is 32.9. The van der Waals surface area contributed by atoms with Gasteiger partial charge < -0.3 is 9.47 Å². The van der Waals surface area contributed by atoms with Gasteiger partial charge in [0.05, 0.1) is 0 Å². The number of allylic oxidation sites excluding steroid dienone is 4. The summed E-state index contributed by atoms with van der Waals surface area (Å²) in [5, 5.41) is 0. The van der Waals surface area contributed by atoms with Gasteiger partial charge in [0.1, 0.15) is 11.9 Å². The monoisotopic (exact) mass is 680 g/mol. The second-order valence-electron chi connectivity index (χ2n) is 12.5. The summed E-state index contributed by atoms with van der Waals surface area (Å²) >= 11 is 0. The first-order valence-electron chi connectivity index (χ1n) is 13.7. The Morgan fingerprint density at radius 3 is 1.80 bits per heavy atom. The lowest BCUT2D eigenvalue weighted by atomic mass is 9.48. The Morgan fingerprint density at radius 1 is 0.733 bits per heavy atom. The molecule has 0 radical (unpaired) electrons. The highest BCUT2D eigenvalue weighted by atomic mass is 19.4. The largest absolute Gasteiger partial charge is 0.460 e. The van der Waals surface area contributed by atoms with E-state index in [1.807, 2.05) is 0 Å². The minimum Gasteiger partial charge on any atom is -0.457 e. The van der Waals surface area contributed by atoms with Crippen LogP contribution in [-0.4, -0.2) is 54.1 Å². The Morgan fingerprint density at radius 2 is 1.27 bits per heavy atom. The fraction of sp³-hybridized carbons (Fsp3) is 0.778. The predicted molar refractivity (Wildman–Crippen MR) is 123 cm³/mol. The molecule has 0 heterocycles. The number of rotatable bonds is 6. The molecular formula is C27H26F14O4. The van der Waals surface area contributed by atoms with E-state index in [9.17, 15) is 71.1 Å². The van der Waals surface area contributed by atoms with Crippen LogP contribution in [0.15, 0.2) is 23.5 Å². The van der Waals surface area contributed by atoms with Crippen molar-refractivity contribution in [3.8, 4) is 0 Å². The minimum atomic E-state index is -6.74. The Hall–Kier alpha value is -2.56. The average Bonchev–Trinajstić information content (AvgIpc) is 3.23. The molecule has 0 N–H and O–H groups in total. The molecule has 2 fully saturated rings. The van der Waals surface area contributed by atoms with E-state index in [-0.39, 0.29) is 56.3 Å². The van der Waals surface area contributed by atoms with E-state index in [4.69, 9.17) is 0 Å². The summed E-state index contributed by atoms with van der Waals surface area (Å²) in [5.74, 6) is -33.3. The predicted octanol–water partition coefficient (Wildman–Crippen LogP) is 8.56. The van der Waals surface area contributed by atoms with Crippen molar-refractivity contribution in [1.29, 1.82) is 0 Å². The topological polar surface area (TPSA) is 52.6 Å². The molecule has 256 valence electrons.